The minimum atomic E-state index is -0.172. The molecule has 7 nitrogen and oxygen atoms in total. The van der Waals surface area contributed by atoms with Crippen molar-refractivity contribution in [2.45, 2.75) is 19.8 Å². The van der Waals surface area contributed by atoms with Crippen LogP contribution in [0.1, 0.15) is 19.8 Å². The third-order valence-electron chi connectivity index (χ3n) is 5.69. The van der Waals surface area contributed by atoms with Crippen LogP contribution < -0.4 is 20.1 Å². The van der Waals surface area contributed by atoms with E-state index >= 15 is 0 Å². The standard InChI is InChI=1S/C23H28ClN3O4/c1-15(22(28)25-19-8-9-20(30-2)21(14-19)31-3)16-10-12-27(13-11-16)23(29)26-18-6-4-17(24)5-7-18/h4-9,14-16H,10-13H2,1-3H3,(H,25,28)(H,26,29)/t15-/m1/s1. The predicted molar refractivity (Wildman–Crippen MR) is 122 cm³/mol. The van der Waals surface area contributed by atoms with E-state index in [1.165, 1.54) is 0 Å². The predicted octanol–water partition coefficient (Wildman–Crippen LogP) is 4.88. The molecule has 2 aromatic carbocycles. The molecule has 0 bridgehead atoms. The molecule has 1 saturated heterocycles. The molecule has 1 atom stereocenters. The Bertz CT molecular complexity index is 912. The van der Waals surface area contributed by atoms with Gasteiger partial charge in [0.15, 0.2) is 11.5 Å². The van der Waals surface area contributed by atoms with Crippen LogP contribution in [0.3, 0.4) is 0 Å². The highest BCUT2D eigenvalue weighted by Gasteiger charge is 2.30. The molecule has 0 aromatic heterocycles. The summed E-state index contributed by atoms with van der Waals surface area (Å²) in [6.07, 6.45) is 1.54. The van der Waals surface area contributed by atoms with E-state index in [0.717, 1.165) is 12.8 Å². The molecule has 31 heavy (non-hydrogen) atoms. The van der Waals surface area contributed by atoms with Gasteiger partial charge in [0.05, 0.1) is 14.2 Å². The second kappa shape index (κ2) is 10.4. The van der Waals surface area contributed by atoms with Gasteiger partial charge in [-0.1, -0.05) is 18.5 Å². The van der Waals surface area contributed by atoms with Crippen molar-refractivity contribution in [1.82, 2.24) is 4.90 Å². The third-order valence-corrected chi connectivity index (χ3v) is 5.95. The smallest absolute Gasteiger partial charge is 0.321 e. The summed E-state index contributed by atoms with van der Waals surface area (Å²) in [5, 5.41) is 6.47. The topological polar surface area (TPSA) is 79.9 Å². The molecule has 3 rings (SSSR count). The van der Waals surface area contributed by atoms with Crippen molar-refractivity contribution < 1.29 is 19.1 Å². The Kier molecular flexibility index (Phi) is 7.63. The summed E-state index contributed by atoms with van der Waals surface area (Å²) in [5.41, 5.74) is 1.37. The summed E-state index contributed by atoms with van der Waals surface area (Å²) >= 11 is 5.88. The zero-order chi connectivity index (χ0) is 22.4. The first-order valence-electron chi connectivity index (χ1n) is 10.3. The van der Waals surface area contributed by atoms with E-state index in [1.807, 2.05) is 6.92 Å². The molecule has 0 unspecified atom stereocenters. The molecule has 0 radical (unpaired) electrons. The number of carbonyl (C=O) groups excluding carboxylic acids is 2. The molecule has 3 amide bonds. The van der Waals surface area contributed by atoms with Crippen LogP contribution in [0.15, 0.2) is 42.5 Å². The third kappa shape index (κ3) is 5.82. The Morgan fingerprint density at radius 3 is 2.19 bits per heavy atom. The maximum atomic E-state index is 12.8. The molecule has 2 aromatic rings. The molecule has 1 heterocycles. The van der Waals surface area contributed by atoms with Gasteiger partial charge in [-0.05, 0) is 55.2 Å². The number of piperidine rings is 1. The van der Waals surface area contributed by atoms with Crippen molar-refractivity contribution in [2.24, 2.45) is 11.8 Å². The Morgan fingerprint density at radius 2 is 1.58 bits per heavy atom. The van der Waals surface area contributed by atoms with E-state index in [0.29, 0.717) is 41.0 Å². The van der Waals surface area contributed by atoms with E-state index in [-0.39, 0.29) is 23.8 Å². The fraction of sp³-hybridized carbons (Fsp3) is 0.391. The number of nitrogens with one attached hydrogen (secondary N) is 2. The van der Waals surface area contributed by atoms with Gasteiger partial charge in [0.2, 0.25) is 5.91 Å². The van der Waals surface area contributed by atoms with Crippen LogP contribution in [-0.2, 0) is 4.79 Å². The fourth-order valence-corrected chi connectivity index (χ4v) is 3.85. The lowest BCUT2D eigenvalue weighted by molar-refractivity contribution is -0.121. The van der Waals surface area contributed by atoms with Gasteiger partial charge >= 0.3 is 6.03 Å². The molecule has 8 heteroatoms. The van der Waals surface area contributed by atoms with Crippen molar-refractivity contribution in [2.75, 3.05) is 37.9 Å². The number of amides is 3. The normalized spacial score (nSPS) is 15.2. The van der Waals surface area contributed by atoms with E-state index in [1.54, 1.807) is 61.6 Å². The molecular weight excluding hydrogens is 418 g/mol. The van der Waals surface area contributed by atoms with Crippen LogP contribution in [0.5, 0.6) is 11.5 Å². The number of ether oxygens (including phenoxy) is 2. The first kappa shape index (κ1) is 22.7. The average molecular weight is 446 g/mol. The molecule has 1 fully saturated rings. The first-order valence-corrected chi connectivity index (χ1v) is 10.6. The van der Waals surface area contributed by atoms with Crippen molar-refractivity contribution in [3.05, 3.63) is 47.5 Å². The summed E-state index contributed by atoms with van der Waals surface area (Å²) in [5.74, 6) is 1.16. The lowest BCUT2D eigenvalue weighted by Gasteiger charge is -2.34. The Balaban J connectivity index is 1.51. The van der Waals surface area contributed by atoms with Crippen molar-refractivity contribution >= 4 is 34.9 Å². The first-order chi connectivity index (χ1) is 14.9. The molecule has 1 aliphatic heterocycles. The minimum Gasteiger partial charge on any atom is -0.493 e. The van der Waals surface area contributed by atoms with Crippen LogP contribution in [0.25, 0.3) is 0 Å². The Labute approximate surface area is 187 Å². The van der Waals surface area contributed by atoms with E-state index < -0.39 is 0 Å². The summed E-state index contributed by atoms with van der Waals surface area (Å²) in [6.45, 7) is 3.15. The molecule has 1 aliphatic rings. The largest absolute Gasteiger partial charge is 0.493 e. The summed E-state index contributed by atoms with van der Waals surface area (Å²) < 4.78 is 10.5. The van der Waals surface area contributed by atoms with Gasteiger partial charge in [-0.25, -0.2) is 4.79 Å². The van der Waals surface area contributed by atoms with E-state index in [4.69, 9.17) is 21.1 Å². The quantitative estimate of drug-likeness (QED) is 0.664. The molecule has 0 spiro atoms. The molecular formula is C23H28ClN3O4. The number of halogens is 1. The Hall–Kier alpha value is -2.93. The SMILES string of the molecule is COc1ccc(NC(=O)[C@H](C)C2CCN(C(=O)Nc3ccc(Cl)cc3)CC2)cc1OC. The second-order valence-electron chi connectivity index (χ2n) is 7.61. The highest BCUT2D eigenvalue weighted by atomic mass is 35.5. The highest BCUT2D eigenvalue weighted by molar-refractivity contribution is 6.30. The summed E-state index contributed by atoms with van der Waals surface area (Å²) in [6, 6.07) is 12.2. The van der Waals surface area contributed by atoms with Gasteiger partial charge in [0, 0.05) is 41.5 Å². The van der Waals surface area contributed by atoms with Crippen molar-refractivity contribution in [3.8, 4) is 11.5 Å². The number of benzene rings is 2. The monoisotopic (exact) mass is 445 g/mol. The maximum absolute atomic E-state index is 12.8. The number of hydrogen-bond acceptors (Lipinski definition) is 4. The van der Waals surface area contributed by atoms with Gasteiger partial charge in [-0.2, -0.15) is 0 Å². The zero-order valence-electron chi connectivity index (χ0n) is 18.0. The molecule has 2 N–H and O–H groups in total. The molecule has 0 saturated carbocycles. The van der Waals surface area contributed by atoms with Crippen LogP contribution in [0.2, 0.25) is 5.02 Å². The Morgan fingerprint density at radius 1 is 0.968 bits per heavy atom. The average Bonchev–Trinajstić information content (AvgIpc) is 2.80. The van der Waals surface area contributed by atoms with E-state index in [9.17, 15) is 9.59 Å². The lowest BCUT2D eigenvalue weighted by Crippen LogP contribution is -2.43. The number of methoxy groups -OCH3 is 2. The van der Waals surface area contributed by atoms with Gasteiger partial charge in [0.25, 0.3) is 0 Å². The number of nitrogens with zero attached hydrogens (tertiary/aromatic N) is 1. The van der Waals surface area contributed by atoms with E-state index in [2.05, 4.69) is 10.6 Å². The van der Waals surface area contributed by atoms with Crippen molar-refractivity contribution in [1.29, 1.82) is 0 Å². The molecule has 0 aliphatic carbocycles. The number of urea groups is 1. The van der Waals surface area contributed by atoms with Gasteiger partial charge < -0.3 is 25.0 Å². The number of carbonyl (C=O) groups is 2. The number of hydrogen-bond donors (Lipinski definition) is 2. The number of anilines is 2. The second-order valence-corrected chi connectivity index (χ2v) is 8.05. The van der Waals surface area contributed by atoms with Crippen molar-refractivity contribution in [3.63, 3.8) is 0 Å². The fourth-order valence-electron chi connectivity index (χ4n) is 3.72. The maximum Gasteiger partial charge on any atom is 0.321 e. The summed E-state index contributed by atoms with van der Waals surface area (Å²) in [4.78, 5) is 27.0. The van der Waals surface area contributed by atoms with Crippen LogP contribution in [-0.4, -0.2) is 44.1 Å². The summed E-state index contributed by atoms with van der Waals surface area (Å²) in [7, 11) is 3.13. The van der Waals surface area contributed by atoms with Gasteiger partial charge in [-0.15, -0.1) is 0 Å². The zero-order valence-corrected chi connectivity index (χ0v) is 18.7. The molecule has 166 valence electrons. The van der Waals surface area contributed by atoms with Gasteiger partial charge in [0.1, 0.15) is 0 Å². The van der Waals surface area contributed by atoms with Crippen LogP contribution >= 0.6 is 11.6 Å². The van der Waals surface area contributed by atoms with Crippen LogP contribution in [0, 0.1) is 11.8 Å². The minimum absolute atomic E-state index is 0.0451. The number of rotatable bonds is 6. The number of likely N-dealkylation sites (tertiary alicyclic amines) is 1. The highest BCUT2D eigenvalue weighted by Crippen LogP contribution is 2.31. The van der Waals surface area contributed by atoms with Crippen LogP contribution in [0.4, 0.5) is 16.2 Å². The van der Waals surface area contributed by atoms with Gasteiger partial charge in [-0.3, -0.25) is 4.79 Å². The lowest BCUT2D eigenvalue weighted by atomic mass is 9.85.